The molecule has 5 nitrogen and oxygen atoms in total. The molecule has 0 bridgehead atoms. The lowest BCUT2D eigenvalue weighted by Crippen LogP contribution is -2.17. The molecule has 3 rings (SSSR count). The number of aromatic nitrogens is 1. The zero-order chi connectivity index (χ0) is 16.8. The molecule has 128 valence electrons. The van der Waals surface area contributed by atoms with Gasteiger partial charge in [-0.3, -0.25) is 9.29 Å². The number of ether oxygens (including phenoxy) is 2. The SMILES string of the molecule is CCOCCOc1cccc2c1N(SC(C)c1ccccn1)CN2. The molecule has 0 saturated heterocycles. The van der Waals surface area contributed by atoms with Gasteiger partial charge in [0.05, 0.1) is 29.9 Å². The Morgan fingerprint density at radius 3 is 2.96 bits per heavy atom. The topological polar surface area (TPSA) is 46.6 Å². The van der Waals surface area contributed by atoms with Crippen LogP contribution in [0.15, 0.2) is 42.6 Å². The van der Waals surface area contributed by atoms with E-state index in [4.69, 9.17) is 9.47 Å². The molecule has 0 amide bonds. The highest BCUT2D eigenvalue weighted by atomic mass is 32.2. The molecule has 1 unspecified atom stereocenters. The molecule has 1 aromatic heterocycles. The van der Waals surface area contributed by atoms with Crippen LogP contribution in [0.25, 0.3) is 0 Å². The first-order chi connectivity index (χ1) is 11.8. The van der Waals surface area contributed by atoms with Crippen LogP contribution in [0.4, 0.5) is 11.4 Å². The molecule has 0 fully saturated rings. The molecular weight excluding hydrogens is 322 g/mol. The Balaban J connectivity index is 1.70. The third kappa shape index (κ3) is 3.94. The van der Waals surface area contributed by atoms with Crippen LogP contribution in [0.2, 0.25) is 0 Å². The Kier molecular flexibility index (Phi) is 5.82. The Bertz CT molecular complexity index is 654. The van der Waals surface area contributed by atoms with Crippen LogP contribution < -0.4 is 14.4 Å². The molecule has 0 radical (unpaired) electrons. The van der Waals surface area contributed by atoms with Crippen molar-refractivity contribution in [3.63, 3.8) is 0 Å². The number of rotatable bonds is 8. The molecule has 1 aromatic carbocycles. The van der Waals surface area contributed by atoms with Gasteiger partial charge in [0.25, 0.3) is 0 Å². The van der Waals surface area contributed by atoms with Gasteiger partial charge >= 0.3 is 0 Å². The highest BCUT2D eigenvalue weighted by Gasteiger charge is 2.25. The van der Waals surface area contributed by atoms with Gasteiger partial charge in [0.1, 0.15) is 18.0 Å². The molecule has 2 aromatic rings. The van der Waals surface area contributed by atoms with Gasteiger partial charge in [-0.15, -0.1) is 0 Å². The Morgan fingerprint density at radius 1 is 1.25 bits per heavy atom. The monoisotopic (exact) mass is 345 g/mol. The standard InChI is InChI=1S/C18H23N3O2S/c1-3-22-11-12-23-17-9-6-8-16-18(17)21(13-20-16)24-14(2)15-7-4-5-10-19-15/h4-10,14,20H,3,11-13H2,1-2H3. The van der Waals surface area contributed by atoms with Gasteiger partial charge in [0, 0.05) is 12.8 Å². The lowest BCUT2D eigenvalue weighted by molar-refractivity contribution is 0.110. The van der Waals surface area contributed by atoms with Crippen LogP contribution in [0.5, 0.6) is 5.75 Å². The van der Waals surface area contributed by atoms with Crippen LogP contribution >= 0.6 is 11.9 Å². The molecule has 0 aliphatic carbocycles. The summed E-state index contributed by atoms with van der Waals surface area (Å²) in [5, 5.41) is 3.68. The van der Waals surface area contributed by atoms with E-state index in [1.54, 1.807) is 11.9 Å². The summed E-state index contributed by atoms with van der Waals surface area (Å²) in [7, 11) is 0. The number of nitrogens with zero attached hydrogens (tertiary/aromatic N) is 2. The molecule has 2 heterocycles. The van der Waals surface area contributed by atoms with E-state index in [2.05, 4.69) is 33.7 Å². The number of anilines is 2. The summed E-state index contributed by atoms with van der Waals surface area (Å²) in [6.07, 6.45) is 1.84. The van der Waals surface area contributed by atoms with E-state index >= 15 is 0 Å². The van der Waals surface area contributed by atoms with Crippen molar-refractivity contribution < 1.29 is 9.47 Å². The molecule has 1 atom stereocenters. The van der Waals surface area contributed by atoms with Crippen molar-refractivity contribution in [1.82, 2.24) is 4.98 Å². The predicted molar refractivity (Wildman–Crippen MR) is 99.6 cm³/mol. The van der Waals surface area contributed by atoms with E-state index in [0.29, 0.717) is 19.8 Å². The number of pyridine rings is 1. The van der Waals surface area contributed by atoms with Crippen LogP contribution in [0, 0.1) is 0 Å². The molecule has 24 heavy (non-hydrogen) atoms. The lowest BCUT2D eigenvalue weighted by Gasteiger charge is -2.22. The van der Waals surface area contributed by atoms with E-state index in [-0.39, 0.29) is 5.25 Å². The maximum atomic E-state index is 5.93. The van der Waals surface area contributed by atoms with Gasteiger partial charge in [-0.25, -0.2) is 0 Å². The quantitative estimate of drug-likeness (QED) is 0.574. The fourth-order valence-corrected chi connectivity index (χ4v) is 3.64. The minimum absolute atomic E-state index is 0.260. The summed E-state index contributed by atoms with van der Waals surface area (Å²) in [6.45, 7) is 6.78. The van der Waals surface area contributed by atoms with Crippen molar-refractivity contribution in [2.45, 2.75) is 19.1 Å². The molecule has 0 spiro atoms. The number of fused-ring (bicyclic) bond motifs is 1. The first-order valence-electron chi connectivity index (χ1n) is 8.22. The van der Waals surface area contributed by atoms with E-state index < -0.39 is 0 Å². The zero-order valence-corrected chi connectivity index (χ0v) is 14.9. The average molecular weight is 345 g/mol. The van der Waals surface area contributed by atoms with Crippen LogP contribution in [0.3, 0.4) is 0 Å². The largest absolute Gasteiger partial charge is 0.489 e. The highest BCUT2D eigenvalue weighted by molar-refractivity contribution is 8.00. The number of benzene rings is 1. The van der Waals surface area contributed by atoms with Gasteiger partial charge < -0.3 is 14.8 Å². The van der Waals surface area contributed by atoms with Crippen molar-refractivity contribution in [3.05, 3.63) is 48.3 Å². The van der Waals surface area contributed by atoms with E-state index in [1.165, 1.54) is 0 Å². The van der Waals surface area contributed by atoms with Crippen molar-refractivity contribution in [1.29, 1.82) is 0 Å². The molecule has 1 N–H and O–H groups in total. The van der Waals surface area contributed by atoms with Gasteiger partial charge in [-0.2, -0.15) is 0 Å². The number of hydrogen-bond donors (Lipinski definition) is 1. The first-order valence-corrected chi connectivity index (χ1v) is 9.06. The summed E-state index contributed by atoms with van der Waals surface area (Å²) in [6, 6.07) is 12.1. The minimum atomic E-state index is 0.260. The predicted octanol–water partition coefficient (Wildman–Crippen LogP) is 4.10. The fourth-order valence-electron chi connectivity index (χ4n) is 2.58. The second-order valence-corrected chi connectivity index (χ2v) is 6.77. The number of para-hydroxylation sites is 1. The Hall–Kier alpha value is -1.92. The third-order valence-electron chi connectivity index (χ3n) is 3.74. The molecule has 1 aliphatic rings. The molecular formula is C18H23N3O2S. The Labute approximate surface area is 147 Å². The Morgan fingerprint density at radius 2 is 2.17 bits per heavy atom. The second-order valence-electron chi connectivity index (χ2n) is 5.41. The summed E-state index contributed by atoms with van der Waals surface area (Å²) in [5.41, 5.74) is 3.28. The number of nitrogens with one attached hydrogen (secondary N) is 1. The fraction of sp³-hybridized carbons (Fsp3) is 0.389. The van der Waals surface area contributed by atoms with Gasteiger partial charge in [0.15, 0.2) is 0 Å². The number of hydrogen-bond acceptors (Lipinski definition) is 6. The average Bonchev–Trinajstić information content (AvgIpc) is 3.03. The van der Waals surface area contributed by atoms with Crippen LogP contribution in [-0.2, 0) is 4.74 Å². The van der Waals surface area contributed by atoms with E-state index in [0.717, 1.165) is 29.5 Å². The highest BCUT2D eigenvalue weighted by Crippen LogP contribution is 2.46. The van der Waals surface area contributed by atoms with Crippen molar-refractivity contribution in [2.75, 3.05) is 36.1 Å². The van der Waals surface area contributed by atoms with Crippen LogP contribution in [0.1, 0.15) is 24.8 Å². The van der Waals surface area contributed by atoms with Crippen molar-refractivity contribution in [2.24, 2.45) is 0 Å². The molecule has 0 saturated carbocycles. The maximum Gasteiger partial charge on any atom is 0.145 e. The van der Waals surface area contributed by atoms with Gasteiger partial charge in [0.2, 0.25) is 0 Å². The van der Waals surface area contributed by atoms with Gasteiger partial charge in [-0.05, 0) is 50.1 Å². The molecule has 6 heteroatoms. The minimum Gasteiger partial charge on any atom is -0.489 e. The summed E-state index contributed by atoms with van der Waals surface area (Å²) in [4.78, 5) is 4.45. The van der Waals surface area contributed by atoms with E-state index in [1.807, 2.05) is 37.4 Å². The van der Waals surface area contributed by atoms with Crippen LogP contribution in [-0.4, -0.2) is 31.5 Å². The normalized spacial score (nSPS) is 14.2. The zero-order valence-electron chi connectivity index (χ0n) is 14.1. The van der Waals surface area contributed by atoms with Gasteiger partial charge in [-0.1, -0.05) is 12.1 Å². The second kappa shape index (κ2) is 8.26. The smallest absolute Gasteiger partial charge is 0.145 e. The maximum absolute atomic E-state index is 5.93. The first kappa shape index (κ1) is 16.9. The summed E-state index contributed by atoms with van der Waals surface area (Å²) >= 11 is 1.76. The van der Waals surface area contributed by atoms with Crippen molar-refractivity contribution >= 4 is 23.3 Å². The third-order valence-corrected chi connectivity index (χ3v) is 4.86. The lowest BCUT2D eigenvalue weighted by atomic mass is 10.2. The summed E-state index contributed by atoms with van der Waals surface area (Å²) in [5.74, 6) is 0.887. The molecule has 1 aliphatic heterocycles. The summed E-state index contributed by atoms with van der Waals surface area (Å²) < 4.78 is 13.5. The van der Waals surface area contributed by atoms with E-state index in [9.17, 15) is 0 Å². The van der Waals surface area contributed by atoms with Crippen molar-refractivity contribution in [3.8, 4) is 5.75 Å².